The molecule has 0 bridgehead atoms. The van der Waals surface area contributed by atoms with Crippen LogP contribution in [0, 0.1) is 18.3 Å². The van der Waals surface area contributed by atoms with Crippen LogP contribution >= 0.6 is 0 Å². The molecule has 1 aliphatic heterocycles. The molecule has 1 aromatic carbocycles. The topological polar surface area (TPSA) is 45.4 Å². The van der Waals surface area contributed by atoms with Gasteiger partial charge in [0.25, 0.3) is 0 Å². The minimum absolute atomic E-state index is 0.580. The van der Waals surface area contributed by atoms with E-state index in [1.807, 2.05) is 19.1 Å². The minimum atomic E-state index is 0.580. The van der Waals surface area contributed by atoms with Crippen LogP contribution in [0.4, 0.5) is 5.69 Å². The second-order valence-corrected chi connectivity index (χ2v) is 3.24. The van der Waals surface area contributed by atoms with Gasteiger partial charge in [-0.3, -0.25) is 0 Å². The lowest BCUT2D eigenvalue weighted by atomic mass is 10.0. The van der Waals surface area contributed by atoms with Crippen LogP contribution in [-0.2, 0) is 6.42 Å². The van der Waals surface area contributed by atoms with Crippen LogP contribution in [0.1, 0.15) is 11.1 Å². The van der Waals surface area contributed by atoms with E-state index in [4.69, 9.17) is 10.00 Å². The van der Waals surface area contributed by atoms with E-state index in [2.05, 4.69) is 11.1 Å². The Morgan fingerprint density at radius 1 is 1.50 bits per heavy atom. The van der Waals surface area contributed by atoms with Gasteiger partial charge in [-0.2, -0.15) is 5.26 Å². The second kappa shape index (κ2) is 3.15. The number of hydrogen-bond donors (Lipinski definition) is 0. The van der Waals surface area contributed by atoms with Crippen LogP contribution in [0.2, 0.25) is 0 Å². The zero-order chi connectivity index (χ0) is 10.1. The Morgan fingerprint density at radius 2 is 2.29 bits per heavy atom. The maximum Gasteiger partial charge on any atom is 0.122 e. The SMILES string of the molecule is COc1ccc2c(c1C)CC(C#N)=N2. The largest absolute Gasteiger partial charge is 0.496 e. The van der Waals surface area contributed by atoms with Crippen molar-refractivity contribution >= 4 is 11.4 Å². The van der Waals surface area contributed by atoms with Crippen molar-refractivity contribution < 1.29 is 4.74 Å². The molecular formula is C11H10N2O. The molecule has 2 rings (SSSR count). The molecule has 0 aromatic heterocycles. The molecule has 1 aliphatic rings. The van der Waals surface area contributed by atoms with Crippen LogP contribution in [0.5, 0.6) is 5.75 Å². The smallest absolute Gasteiger partial charge is 0.122 e. The van der Waals surface area contributed by atoms with Gasteiger partial charge in [0.05, 0.1) is 12.8 Å². The molecule has 3 nitrogen and oxygen atoms in total. The summed E-state index contributed by atoms with van der Waals surface area (Å²) < 4.78 is 5.21. The molecule has 0 N–H and O–H groups in total. The molecule has 0 spiro atoms. The maximum absolute atomic E-state index is 8.74. The fourth-order valence-electron chi connectivity index (χ4n) is 1.69. The summed E-state index contributed by atoms with van der Waals surface area (Å²) in [6, 6.07) is 5.87. The zero-order valence-corrected chi connectivity index (χ0v) is 8.16. The van der Waals surface area contributed by atoms with Gasteiger partial charge < -0.3 is 4.74 Å². The molecule has 0 radical (unpaired) electrons. The number of methoxy groups -OCH3 is 1. The van der Waals surface area contributed by atoms with E-state index in [0.29, 0.717) is 12.1 Å². The number of hydrogen-bond acceptors (Lipinski definition) is 3. The van der Waals surface area contributed by atoms with Crippen LogP contribution in [-0.4, -0.2) is 12.8 Å². The number of nitriles is 1. The molecule has 0 amide bonds. The van der Waals surface area contributed by atoms with E-state index in [1.54, 1.807) is 7.11 Å². The summed E-state index contributed by atoms with van der Waals surface area (Å²) >= 11 is 0. The Hall–Kier alpha value is -1.82. The van der Waals surface area contributed by atoms with E-state index in [9.17, 15) is 0 Å². The third-order valence-electron chi connectivity index (χ3n) is 2.47. The van der Waals surface area contributed by atoms with E-state index < -0.39 is 0 Å². The molecule has 14 heavy (non-hydrogen) atoms. The quantitative estimate of drug-likeness (QED) is 0.674. The molecule has 1 aromatic rings. The second-order valence-electron chi connectivity index (χ2n) is 3.24. The van der Waals surface area contributed by atoms with Gasteiger partial charge >= 0.3 is 0 Å². The molecule has 70 valence electrons. The van der Waals surface area contributed by atoms with Gasteiger partial charge in [0.2, 0.25) is 0 Å². The number of ether oxygens (including phenoxy) is 1. The van der Waals surface area contributed by atoms with Gasteiger partial charge in [0, 0.05) is 6.42 Å². The van der Waals surface area contributed by atoms with Gasteiger partial charge in [0.1, 0.15) is 17.5 Å². The average Bonchev–Trinajstić information content (AvgIpc) is 2.62. The lowest BCUT2D eigenvalue weighted by molar-refractivity contribution is 0.411. The standard InChI is InChI=1S/C11H10N2O/c1-7-9-5-8(6-12)13-10(9)3-4-11(7)14-2/h3-4H,5H2,1-2H3. The van der Waals surface area contributed by atoms with Crippen molar-refractivity contribution in [2.45, 2.75) is 13.3 Å². The van der Waals surface area contributed by atoms with Gasteiger partial charge in [-0.25, -0.2) is 4.99 Å². The zero-order valence-electron chi connectivity index (χ0n) is 8.16. The molecular weight excluding hydrogens is 176 g/mol. The molecule has 0 atom stereocenters. The number of benzene rings is 1. The summed E-state index contributed by atoms with van der Waals surface area (Å²) in [5.74, 6) is 0.859. The Balaban J connectivity index is 2.51. The number of nitrogens with zero attached hydrogens (tertiary/aromatic N) is 2. The van der Waals surface area contributed by atoms with Gasteiger partial charge in [0.15, 0.2) is 0 Å². The number of aliphatic imine (C=N–C) groups is 1. The highest BCUT2D eigenvalue weighted by atomic mass is 16.5. The van der Waals surface area contributed by atoms with Gasteiger partial charge in [-0.15, -0.1) is 0 Å². The number of fused-ring (bicyclic) bond motifs is 1. The highest BCUT2D eigenvalue weighted by Gasteiger charge is 2.18. The van der Waals surface area contributed by atoms with Crippen LogP contribution in [0.3, 0.4) is 0 Å². The predicted molar refractivity (Wildman–Crippen MR) is 54.1 cm³/mol. The Kier molecular flexibility index (Phi) is 1.97. The molecule has 1 heterocycles. The van der Waals surface area contributed by atoms with Crippen LogP contribution in [0.25, 0.3) is 0 Å². The normalized spacial score (nSPS) is 13.1. The lowest BCUT2D eigenvalue weighted by Gasteiger charge is -2.07. The van der Waals surface area contributed by atoms with Crippen molar-refractivity contribution in [1.29, 1.82) is 5.26 Å². The highest BCUT2D eigenvalue weighted by Crippen LogP contribution is 2.34. The van der Waals surface area contributed by atoms with Crippen LogP contribution in [0.15, 0.2) is 17.1 Å². The monoisotopic (exact) mass is 186 g/mol. The first kappa shape index (κ1) is 8.76. The first-order valence-electron chi connectivity index (χ1n) is 4.40. The minimum Gasteiger partial charge on any atom is -0.496 e. The first-order valence-corrected chi connectivity index (χ1v) is 4.40. The van der Waals surface area contributed by atoms with Crippen molar-refractivity contribution in [2.75, 3.05) is 7.11 Å². The van der Waals surface area contributed by atoms with Gasteiger partial charge in [-0.1, -0.05) is 0 Å². The molecule has 0 saturated carbocycles. The summed E-state index contributed by atoms with van der Waals surface area (Å²) in [5.41, 5.74) is 3.68. The average molecular weight is 186 g/mol. The van der Waals surface area contributed by atoms with Crippen molar-refractivity contribution in [2.24, 2.45) is 4.99 Å². The van der Waals surface area contributed by atoms with E-state index in [-0.39, 0.29) is 0 Å². The molecule has 0 saturated heterocycles. The Bertz CT molecular complexity index is 455. The fraction of sp³-hybridized carbons (Fsp3) is 0.273. The third kappa shape index (κ3) is 1.16. The Labute approximate surface area is 82.7 Å². The summed E-state index contributed by atoms with van der Waals surface area (Å²) in [5, 5.41) is 8.74. The van der Waals surface area contributed by atoms with E-state index in [0.717, 1.165) is 22.6 Å². The molecule has 0 fully saturated rings. The Morgan fingerprint density at radius 3 is 2.93 bits per heavy atom. The van der Waals surface area contributed by atoms with E-state index >= 15 is 0 Å². The third-order valence-corrected chi connectivity index (χ3v) is 2.47. The van der Waals surface area contributed by atoms with Crippen molar-refractivity contribution in [3.63, 3.8) is 0 Å². The van der Waals surface area contributed by atoms with Crippen molar-refractivity contribution in [1.82, 2.24) is 0 Å². The summed E-state index contributed by atoms with van der Waals surface area (Å²) in [6.07, 6.45) is 0.634. The van der Waals surface area contributed by atoms with Crippen molar-refractivity contribution in [3.05, 3.63) is 23.3 Å². The summed E-state index contributed by atoms with van der Waals surface area (Å²) in [7, 11) is 1.65. The lowest BCUT2D eigenvalue weighted by Crippen LogP contribution is -1.96. The fourth-order valence-corrected chi connectivity index (χ4v) is 1.69. The first-order chi connectivity index (χ1) is 6.76. The molecule has 3 heteroatoms. The maximum atomic E-state index is 8.74. The van der Waals surface area contributed by atoms with E-state index in [1.165, 1.54) is 0 Å². The molecule has 0 unspecified atom stereocenters. The summed E-state index contributed by atoms with van der Waals surface area (Å²) in [4.78, 5) is 4.21. The highest BCUT2D eigenvalue weighted by molar-refractivity contribution is 6.05. The number of rotatable bonds is 1. The predicted octanol–water partition coefficient (Wildman–Crippen LogP) is 2.16. The van der Waals surface area contributed by atoms with Gasteiger partial charge in [-0.05, 0) is 30.2 Å². The summed E-state index contributed by atoms with van der Waals surface area (Å²) in [6.45, 7) is 1.99. The molecule has 0 aliphatic carbocycles. The van der Waals surface area contributed by atoms with Crippen LogP contribution < -0.4 is 4.74 Å². The van der Waals surface area contributed by atoms with Crippen molar-refractivity contribution in [3.8, 4) is 11.8 Å².